The number of aromatic nitrogens is 2. The van der Waals surface area contributed by atoms with Gasteiger partial charge in [0.1, 0.15) is 15.9 Å². The van der Waals surface area contributed by atoms with Crippen LogP contribution >= 0.6 is 11.7 Å². The van der Waals surface area contributed by atoms with Gasteiger partial charge in [0.25, 0.3) is 10.0 Å². The van der Waals surface area contributed by atoms with Crippen molar-refractivity contribution in [1.82, 2.24) is 8.75 Å². The van der Waals surface area contributed by atoms with Crippen LogP contribution in [0, 0.1) is 0 Å². The van der Waals surface area contributed by atoms with Crippen molar-refractivity contribution in [2.45, 2.75) is 11.3 Å². The molecule has 130 valence electrons. The van der Waals surface area contributed by atoms with Crippen molar-refractivity contribution in [2.24, 2.45) is 0 Å². The molecular formula is C19H15N3O2S2. The topological polar surface area (TPSA) is 72.0 Å². The molecule has 0 spiro atoms. The first-order valence-corrected chi connectivity index (χ1v) is 10.2. The lowest BCUT2D eigenvalue weighted by Crippen LogP contribution is -2.14. The molecule has 3 aromatic carbocycles. The second kappa shape index (κ2) is 6.86. The van der Waals surface area contributed by atoms with Gasteiger partial charge in [0, 0.05) is 0 Å². The van der Waals surface area contributed by atoms with Crippen LogP contribution in [0.25, 0.3) is 11.0 Å². The summed E-state index contributed by atoms with van der Waals surface area (Å²) in [6.07, 6.45) is 0.641. The van der Waals surface area contributed by atoms with Crippen LogP contribution in [0.4, 0.5) is 5.69 Å². The molecule has 0 saturated heterocycles. The molecule has 5 nitrogen and oxygen atoms in total. The zero-order valence-corrected chi connectivity index (χ0v) is 15.3. The smallest absolute Gasteiger partial charge is 0.264 e. The van der Waals surface area contributed by atoms with Crippen LogP contribution in [-0.4, -0.2) is 17.2 Å². The molecule has 7 heteroatoms. The summed E-state index contributed by atoms with van der Waals surface area (Å²) in [5.41, 5.74) is 3.56. The molecule has 1 aromatic heterocycles. The molecule has 0 unspecified atom stereocenters. The van der Waals surface area contributed by atoms with Crippen molar-refractivity contribution in [3.05, 3.63) is 83.9 Å². The molecule has 0 atom stereocenters. The Morgan fingerprint density at radius 3 is 2.46 bits per heavy atom. The fourth-order valence-electron chi connectivity index (χ4n) is 2.79. The maximum Gasteiger partial charge on any atom is 0.264 e. The molecule has 4 aromatic rings. The van der Waals surface area contributed by atoms with E-state index in [-0.39, 0.29) is 4.90 Å². The summed E-state index contributed by atoms with van der Waals surface area (Å²) in [6.45, 7) is 0. The summed E-state index contributed by atoms with van der Waals surface area (Å²) in [5, 5.41) is 0. The van der Waals surface area contributed by atoms with E-state index < -0.39 is 10.0 Å². The molecule has 0 fully saturated rings. The third-order valence-corrected chi connectivity index (χ3v) is 5.98. The van der Waals surface area contributed by atoms with Gasteiger partial charge >= 0.3 is 0 Å². The first kappa shape index (κ1) is 16.7. The summed E-state index contributed by atoms with van der Waals surface area (Å²) >= 11 is 1.00. The summed E-state index contributed by atoms with van der Waals surface area (Å²) in [5.74, 6) is 0. The van der Waals surface area contributed by atoms with E-state index in [1.807, 2.05) is 48.5 Å². The molecule has 0 radical (unpaired) electrons. The van der Waals surface area contributed by atoms with Gasteiger partial charge in [-0.15, -0.1) is 0 Å². The van der Waals surface area contributed by atoms with Gasteiger partial charge in [-0.2, -0.15) is 8.75 Å². The van der Waals surface area contributed by atoms with Gasteiger partial charge in [0.15, 0.2) is 0 Å². The lowest BCUT2D eigenvalue weighted by Gasteiger charge is -2.13. The van der Waals surface area contributed by atoms with Gasteiger partial charge in [0.2, 0.25) is 0 Å². The van der Waals surface area contributed by atoms with Gasteiger partial charge in [0.05, 0.1) is 17.4 Å². The molecule has 1 heterocycles. The minimum atomic E-state index is -3.77. The predicted molar refractivity (Wildman–Crippen MR) is 104 cm³/mol. The molecule has 0 aliphatic heterocycles. The minimum Gasteiger partial charge on any atom is -0.279 e. The first-order valence-electron chi connectivity index (χ1n) is 7.99. The van der Waals surface area contributed by atoms with E-state index in [1.54, 1.807) is 24.3 Å². The number of hydrogen-bond acceptors (Lipinski definition) is 5. The summed E-state index contributed by atoms with van der Waals surface area (Å²) < 4.78 is 36.8. The molecule has 0 amide bonds. The molecule has 1 N–H and O–H groups in total. The summed E-state index contributed by atoms with van der Waals surface area (Å²) in [4.78, 5) is 0.137. The van der Waals surface area contributed by atoms with Crippen LogP contribution in [0.15, 0.2) is 77.7 Å². The van der Waals surface area contributed by atoms with Gasteiger partial charge in [-0.05, 0) is 35.7 Å². The Bertz CT molecular complexity index is 1160. The van der Waals surface area contributed by atoms with Crippen molar-refractivity contribution in [3.8, 4) is 0 Å². The maximum atomic E-state index is 12.9. The normalized spacial score (nSPS) is 11.5. The number of para-hydroxylation sites is 1. The van der Waals surface area contributed by atoms with Crippen molar-refractivity contribution in [3.63, 3.8) is 0 Å². The van der Waals surface area contributed by atoms with Gasteiger partial charge < -0.3 is 0 Å². The first-order chi connectivity index (χ1) is 12.6. The van der Waals surface area contributed by atoms with E-state index in [1.165, 1.54) is 0 Å². The number of nitrogens with zero attached hydrogens (tertiary/aromatic N) is 2. The summed E-state index contributed by atoms with van der Waals surface area (Å²) in [6, 6.07) is 22.3. The monoisotopic (exact) mass is 381 g/mol. The highest BCUT2D eigenvalue weighted by Crippen LogP contribution is 2.26. The Hall–Kier alpha value is -2.77. The molecule has 0 aliphatic rings. The molecule has 0 aliphatic carbocycles. The highest BCUT2D eigenvalue weighted by molar-refractivity contribution is 7.93. The number of hydrogen-bond donors (Lipinski definition) is 1. The van der Waals surface area contributed by atoms with Crippen LogP contribution in [0.3, 0.4) is 0 Å². The van der Waals surface area contributed by atoms with Crippen molar-refractivity contribution < 1.29 is 8.42 Å². The average Bonchev–Trinajstić information content (AvgIpc) is 3.12. The van der Waals surface area contributed by atoms with E-state index in [0.717, 1.165) is 22.9 Å². The number of nitrogens with one attached hydrogen (secondary N) is 1. The van der Waals surface area contributed by atoms with Crippen molar-refractivity contribution in [2.75, 3.05) is 4.72 Å². The van der Waals surface area contributed by atoms with Gasteiger partial charge in [-0.1, -0.05) is 54.6 Å². The van der Waals surface area contributed by atoms with Gasteiger partial charge in [-0.3, -0.25) is 4.72 Å². The largest absolute Gasteiger partial charge is 0.279 e. The molecule has 0 saturated carbocycles. The quantitative estimate of drug-likeness (QED) is 0.565. The number of fused-ring (bicyclic) bond motifs is 1. The van der Waals surface area contributed by atoms with Crippen LogP contribution in [0.1, 0.15) is 11.1 Å². The third kappa shape index (κ3) is 3.31. The van der Waals surface area contributed by atoms with Crippen molar-refractivity contribution >= 4 is 38.5 Å². The zero-order chi connectivity index (χ0) is 18.0. The van der Waals surface area contributed by atoms with E-state index in [9.17, 15) is 8.42 Å². The Kier molecular flexibility index (Phi) is 4.40. The van der Waals surface area contributed by atoms with Crippen LogP contribution in [0.5, 0.6) is 0 Å². The lowest BCUT2D eigenvalue weighted by atomic mass is 10.0. The van der Waals surface area contributed by atoms with E-state index in [0.29, 0.717) is 23.1 Å². The number of anilines is 1. The standard InChI is InChI=1S/C19H15N3O2S2/c23-26(24,18-12-6-11-17-19(18)21-25-20-17)22-16-10-5-4-9-15(16)13-14-7-2-1-3-8-14/h1-12,22H,13H2. The third-order valence-electron chi connectivity index (χ3n) is 4.04. The Labute approximate surface area is 155 Å². The Morgan fingerprint density at radius 1 is 0.846 bits per heavy atom. The molecule has 0 bridgehead atoms. The van der Waals surface area contributed by atoms with E-state index >= 15 is 0 Å². The second-order valence-corrected chi connectivity index (χ2v) is 7.99. The average molecular weight is 381 g/mol. The minimum absolute atomic E-state index is 0.137. The number of benzene rings is 3. The van der Waals surface area contributed by atoms with E-state index in [2.05, 4.69) is 13.5 Å². The maximum absolute atomic E-state index is 12.9. The molecular weight excluding hydrogens is 366 g/mol. The fraction of sp³-hybridized carbons (Fsp3) is 0.0526. The van der Waals surface area contributed by atoms with E-state index in [4.69, 9.17) is 0 Å². The number of rotatable bonds is 5. The van der Waals surface area contributed by atoms with Crippen LogP contribution in [0.2, 0.25) is 0 Å². The predicted octanol–water partition coefficient (Wildman–Crippen LogP) is 4.08. The lowest BCUT2D eigenvalue weighted by molar-refractivity contribution is 0.602. The Balaban J connectivity index is 1.70. The Morgan fingerprint density at radius 2 is 1.62 bits per heavy atom. The highest BCUT2D eigenvalue weighted by Gasteiger charge is 2.20. The summed E-state index contributed by atoms with van der Waals surface area (Å²) in [7, 11) is -3.77. The van der Waals surface area contributed by atoms with Crippen LogP contribution in [-0.2, 0) is 16.4 Å². The van der Waals surface area contributed by atoms with Gasteiger partial charge in [-0.25, -0.2) is 8.42 Å². The molecule has 26 heavy (non-hydrogen) atoms. The highest BCUT2D eigenvalue weighted by atomic mass is 32.2. The van der Waals surface area contributed by atoms with Crippen LogP contribution < -0.4 is 4.72 Å². The zero-order valence-electron chi connectivity index (χ0n) is 13.7. The second-order valence-electron chi connectivity index (χ2n) is 5.81. The molecule has 4 rings (SSSR count). The number of sulfonamides is 1. The SMILES string of the molecule is O=S(=O)(Nc1ccccc1Cc1ccccc1)c1cccc2nsnc12. The fourth-order valence-corrected chi connectivity index (χ4v) is 4.66. The van der Waals surface area contributed by atoms with Crippen molar-refractivity contribution in [1.29, 1.82) is 0 Å².